The number of carboxylic acid groups (broad SMARTS) is 3. The van der Waals surface area contributed by atoms with Gasteiger partial charge in [-0.25, -0.2) is 14.4 Å². The molecule has 2 aliphatic rings. The van der Waals surface area contributed by atoms with E-state index in [9.17, 15) is 50.1 Å². The van der Waals surface area contributed by atoms with E-state index in [0.717, 1.165) is 6.26 Å². The van der Waals surface area contributed by atoms with Crippen LogP contribution >= 0.6 is 0 Å². The van der Waals surface area contributed by atoms with Crippen LogP contribution in [0.2, 0.25) is 0 Å². The maximum absolute atomic E-state index is 12.2. The lowest BCUT2D eigenvalue weighted by Crippen LogP contribution is -2.60. The van der Waals surface area contributed by atoms with Crippen molar-refractivity contribution in [1.29, 1.82) is 0 Å². The standard InChI is InChI=1S/C31H33NO13/c1-2-19-20(21(28(39)40)15-43-30(19)45-31-26(36)25(35)24(34)23(14-33)44-31)9-8-17-10-18(27(37)38)13-32(12-17)22(29(41)42)11-16-6-4-3-5-7-16/h2-10,12-13,15,19-20,22-26,30-31,33-36H,1,11,14H2,(H2-,37,38,39,40,41,42)/p+1/b9-8+/t19-,20+,22+,23+,24+,25-,26+,30+,31-/m1/s1. The lowest BCUT2D eigenvalue weighted by molar-refractivity contribution is -0.710. The van der Waals surface area contributed by atoms with Crippen LogP contribution in [0.5, 0.6) is 0 Å². The second kappa shape index (κ2) is 14.6. The zero-order valence-corrected chi connectivity index (χ0v) is 23.8. The van der Waals surface area contributed by atoms with Crippen molar-refractivity contribution in [3.63, 3.8) is 0 Å². The molecule has 2 aliphatic heterocycles. The quantitative estimate of drug-likeness (QED) is 0.123. The number of hydrogen-bond donors (Lipinski definition) is 7. The van der Waals surface area contributed by atoms with Crippen molar-refractivity contribution in [3.05, 3.63) is 96.0 Å². The molecule has 1 saturated heterocycles. The van der Waals surface area contributed by atoms with Crippen LogP contribution < -0.4 is 4.57 Å². The number of carbonyl (C=O) groups is 3. The van der Waals surface area contributed by atoms with Gasteiger partial charge in [-0.05, 0) is 11.6 Å². The van der Waals surface area contributed by atoms with Crippen molar-refractivity contribution < 1.29 is 68.9 Å². The molecule has 14 nitrogen and oxygen atoms in total. The summed E-state index contributed by atoms with van der Waals surface area (Å²) in [6.45, 7) is 3.05. The van der Waals surface area contributed by atoms with Gasteiger partial charge in [0, 0.05) is 17.9 Å². The Balaban J connectivity index is 1.66. The third-order valence-electron chi connectivity index (χ3n) is 7.62. The first-order valence-corrected chi connectivity index (χ1v) is 13.9. The number of aromatic nitrogens is 1. The van der Waals surface area contributed by atoms with Crippen LogP contribution in [0.4, 0.5) is 0 Å². The summed E-state index contributed by atoms with van der Waals surface area (Å²) in [7, 11) is 0. The number of allylic oxidation sites excluding steroid dienone is 1. The number of ether oxygens (including phenoxy) is 3. The average molecular weight is 629 g/mol. The maximum atomic E-state index is 12.2. The molecule has 0 bridgehead atoms. The predicted octanol–water partition coefficient (Wildman–Crippen LogP) is 0.114. The number of aliphatic carboxylic acids is 2. The van der Waals surface area contributed by atoms with E-state index < -0.39 is 79.4 Å². The third kappa shape index (κ3) is 7.62. The summed E-state index contributed by atoms with van der Waals surface area (Å²) in [5, 5.41) is 69.7. The van der Waals surface area contributed by atoms with Gasteiger partial charge in [-0.1, -0.05) is 48.6 Å². The lowest BCUT2D eigenvalue weighted by Gasteiger charge is -2.42. The van der Waals surface area contributed by atoms with Crippen molar-refractivity contribution in [3.8, 4) is 0 Å². The smallest absolute Gasteiger partial charge is 0.373 e. The van der Waals surface area contributed by atoms with Gasteiger partial charge in [0.2, 0.25) is 6.29 Å². The highest BCUT2D eigenvalue weighted by Crippen LogP contribution is 2.36. The summed E-state index contributed by atoms with van der Waals surface area (Å²) >= 11 is 0. The lowest BCUT2D eigenvalue weighted by atomic mass is 9.83. The van der Waals surface area contributed by atoms with Gasteiger partial charge in [0.1, 0.15) is 30.0 Å². The topological polar surface area (TPSA) is 224 Å². The highest BCUT2D eigenvalue weighted by molar-refractivity contribution is 5.88. The molecule has 0 saturated carbocycles. The van der Waals surface area contributed by atoms with Crippen molar-refractivity contribution in [2.45, 2.75) is 49.5 Å². The summed E-state index contributed by atoms with van der Waals surface area (Å²) < 4.78 is 17.9. The van der Waals surface area contributed by atoms with E-state index in [-0.39, 0.29) is 23.1 Å². The van der Waals surface area contributed by atoms with E-state index in [2.05, 4.69) is 6.58 Å². The largest absolute Gasteiger partial charge is 0.478 e. The van der Waals surface area contributed by atoms with Crippen LogP contribution in [0, 0.1) is 11.8 Å². The second-order valence-corrected chi connectivity index (χ2v) is 10.6. The predicted molar refractivity (Wildman–Crippen MR) is 152 cm³/mol. The van der Waals surface area contributed by atoms with E-state index in [1.807, 2.05) is 0 Å². The highest BCUT2D eigenvalue weighted by Gasteiger charge is 2.47. The zero-order chi connectivity index (χ0) is 32.8. The minimum absolute atomic E-state index is 0.0639. The molecule has 14 heteroatoms. The summed E-state index contributed by atoms with van der Waals surface area (Å²) in [4.78, 5) is 36.3. The first kappa shape index (κ1) is 33.5. The summed E-state index contributed by atoms with van der Waals surface area (Å²) in [6.07, 6.45) is -1.42. The Labute approximate surface area is 257 Å². The van der Waals surface area contributed by atoms with Gasteiger partial charge in [-0.3, -0.25) is 0 Å². The fourth-order valence-electron chi connectivity index (χ4n) is 5.19. The number of carboxylic acids is 3. The minimum Gasteiger partial charge on any atom is -0.478 e. The summed E-state index contributed by atoms with van der Waals surface area (Å²) in [5.74, 6) is -5.78. The van der Waals surface area contributed by atoms with Gasteiger partial charge >= 0.3 is 17.9 Å². The summed E-state index contributed by atoms with van der Waals surface area (Å²) in [5.41, 5.74) is 0.536. The van der Waals surface area contributed by atoms with Crippen LogP contribution in [0.3, 0.4) is 0 Å². The fraction of sp³-hybridized carbons (Fsp3) is 0.355. The number of hydrogen-bond acceptors (Lipinski definition) is 10. The molecule has 1 aromatic heterocycles. The molecule has 1 aromatic carbocycles. The van der Waals surface area contributed by atoms with Crippen LogP contribution in [0.15, 0.2) is 79.4 Å². The highest BCUT2D eigenvalue weighted by atomic mass is 16.8. The van der Waals surface area contributed by atoms with E-state index in [1.54, 1.807) is 30.3 Å². The number of pyridine rings is 1. The molecule has 240 valence electrons. The van der Waals surface area contributed by atoms with Gasteiger partial charge < -0.3 is 50.0 Å². The zero-order valence-electron chi connectivity index (χ0n) is 23.8. The van der Waals surface area contributed by atoms with Gasteiger partial charge in [-0.15, -0.1) is 6.58 Å². The fourth-order valence-corrected chi connectivity index (χ4v) is 5.19. The van der Waals surface area contributed by atoms with Crippen LogP contribution in [0.1, 0.15) is 27.5 Å². The number of aromatic carboxylic acids is 1. The number of rotatable bonds is 12. The van der Waals surface area contributed by atoms with E-state index in [4.69, 9.17) is 14.2 Å². The molecule has 0 amide bonds. The maximum Gasteiger partial charge on any atom is 0.373 e. The molecule has 0 unspecified atom stereocenters. The Morgan fingerprint density at radius 3 is 2.29 bits per heavy atom. The molecule has 0 radical (unpaired) electrons. The molecule has 9 atom stereocenters. The normalized spacial score (nSPS) is 28.9. The molecule has 2 aromatic rings. The molecule has 0 aliphatic carbocycles. The Bertz CT molecular complexity index is 1460. The Morgan fingerprint density at radius 1 is 0.978 bits per heavy atom. The molecule has 4 rings (SSSR count). The monoisotopic (exact) mass is 628 g/mol. The number of aliphatic hydroxyl groups excluding tert-OH is 4. The third-order valence-corrected chi connectivity index (χ3v) is 7.62. The van der Waals surface area contributed by atoms with Crippen LogP contribution in [-0.2, 0) is 30.2 Å². The van der Waals surface area contributed by atoms with Crippen LogP contribution in [0.25, 0.3) is 6.08 Å². The molecule has 7 N–H and O–H groups in total. The van der Waals surface area contributed by atoms with E-state index in [1.165, 1.54) is 41.3 Å². The molecule has 0 spiro atoms. The Morgan fingerprint density at radius 2 is 1.69 bits per heavy atom. The first-order valence-electron chi connectivity index (χ1n) is 13.9. The van der Waals surface area contributed by atoms with Gasteiger partial charge in [-0.2, -0.15) is 4.57 Å². The SMILES string of the molecule is C=C[C@H]1[C@H](O[C@H]2O[C@@H](CO)[C@H](O)[C@@H](O)[C@@H]2O)OC=C(C(=O)O)[C@H]1/C=C/c1cc(C(=O)O)c[n+]([C@@H](Cc2ccccc2)C(=O)O)c1. The van der Waals surface area contributed by atoms with Crippen molar-refractivity contribution >= 4 is 24.0 Å². The summed E-state index contributed by atoms with van der Waals surface area (Å²) in [6, 6.07) is 8.94. The molecular formula is C31H34NO13+. The van der Waals surface area contributed by atoms with Gasteiger partial charge in [0.25, 0.3) is 6.04 Å². The van der Waals surface area contributed by atoms with Gasteiger partial charge in [0.05, 0.1) is 24.4 Å². The average Bonchev–Trinajstić information content (AvgIpc) is 3.02. The minimum atomic E-state index is -1.75. The Hall–Kier alpha value is -4.44. The molecule has 3 heterocycles. The Kier molecular flexibility index (Phi) is 10.8. The second-order valence-electron chi connectivity index (χ2n) is 10.6. The van der Waals surface area contributed by atoms with E-state index >= 15 is 0 Å². The van der Waals surface area contributed by atoms with Gasteiger partial charge in [0.15, 0.2) is 18.7 Å². The van der Waals surface area contributed by atoms with Crippen LogP contribution in [-0.4, -0.2) is 97.3 Å². The molecule has 45 heavy (non-hydrogen) atoms. The number of nitrogens with zero attached hydrogens (tertiary/aromatic N) is 1. The van der Waals surface area contributed by atoms with Crippen molar-refractivity contribution in [2.24, 2.45) is 11.8 Å². The van der Waals surface area contributed by atoms with E-state index in [0.29, 0.717) is 5.56 Å². The number of benzene rings is 1. The molecular weight excluding hydrogens is 594 g/mol. The number of aliphatic hydroxyl groups is 4. The van der Waals surface area contributed by atoms with Crippen molar-refractivity contribution in [2.75, 3.05) is 6.61 Å². The first-order chi connectivity index (χ1) is 21.4. The molecule has 1 fully saturated rings. The van der Waals surface area contributed by atoms with Crippen molar-refractivity contribution in [1.82, 2.24) is 0 Å².